The molecule has 0 aliphatic carbocycles. The topological polar surface area (TPSA) is 29.5 Å². The Morgan fingerprint density at radius 3 is 2.63 bits per heavy atom. The summed E-state index contributed by atoms with van der Waals surface area (Å²) in [6.45, 7) is 1.97. The standard InChI is InChI=1S/C16H17NO2/c1-12-7-8-16(13(9-12)11-18)17(2)14-5-4-6-15(10-14)19-3/h4-11H,1-3H3. The molecule has 0 fully saturated rings. The van der Waals surface area contributed by atoms with Gasteiger partial charge in [0.25, 0.3) is 0 Å². The largest absolute Gasteiger partial charge is 0.497 e. The van der Waals surface area contributed by atoms with E-state index in [1.165, 1.54) is 0 Å². The van der Waals surface area contributed by atoms with Gasteiger partial charge in [0.1, 0.15) is 5.75 Å². The summed E-state index contributed by atoms with van der Waals surface area (Å²) in [5.41, 5.74) is 3.62. The SMILES string of the molecule is COc1cccc(N(C)c2ccc(C)cc2C=O)c1. The summed E-state index contributed by atoms with van der Waals surface area (Å²) in [5, 5.41) is 0. The molecule has 0 heterocycles. The molecule has 0 aromatic heterocycles. The molecule has 19 heavy (non-hydrogen) atoms. The molecule has 3 heteroatoms. The van der Waals surface area contributed by atoms with Crippen molar-refractivity contribution in [2.75, 3.05) is 19.1 Å². The second kappa shape index (κ2) is 5.57. The van der Waals surface area contributed by atoms with Crippen LogP contribution in [0.1, 0.15) is 15.9 Å². The van der Waals surface area contributed by atoms with Crippen molar-refractivity contribution in [2.24, 2.45) is 0 Å². The molecule has 0 atom stereocenters. The minimum absolute atomic E-state index is 0.685. The van der Waals surface area contributed by atoms with Crippen molar-refractivity contribution in [2.45, 2.75) is 6.92 Å². The summed E-state index contributed by atoms with van der Waals surface area (Å²) in [6.07, 6.45) is 0.888. The predicted molar refractivity (Wildman–Crippen MR) is 77.6 cm³/mol. The van der Waals surface area contributed by atoms with Crippen LogP contribution < -0.4 is 9.64 Å². The van der Waals surface area contributed by atoms with Crippen molar-refractivity contribution in [3.8, 4) is 5.75 Å². The summed E-state index contributed by atoms with van der Waals surface area (Å²) in [7, 11) is 3.58. The van der Waals surface area contributed by atoms with Crippen molar-refractivity contribution in [1.29, 1.82) is 0 Å². The first kappa shape index (κ1) is 13.1. The summed E-state index contributed by atoms with van der Waals surface area (Å²) < 4.78 is 5.22. The fraction of sp³-hybridized carbons (Fsp3) is 0.188. The third kappa shape index (κ3) is 2.76. The molecule has 0 amide bonds. The van der Waals surface area contributed by atoms with E-state index in [4.69, 9.17) is 4.74 Å². The van der Waals surface area contributed by atoms with E-state index in [0.717, 1.165) is 29.0 Å². The van der Waals surface area contributed by atoms with Gasteiger partial charge in [-0.15, -0.1) is 0 Å². The normalized spacial score (nSPS) is 10.1. The molecule has 0 N–H and O–H groups in total. The van der Waals surface area contributed by atoms with Crippen LogP contribution in [0.2, 0.25) is 0 Å². The lowest BCUT2D eigenvalue weighted by molar-refractivity contribution is 0.112. The van der Waals surface area contributed by atoms with Gasteiger partial charge in [0.2, 0.25) is 0 Å². The number of aryl methyl sites for hydroxylation is 1. The van der Waals surface area contributed by atoms with Crippen LogP contribution in [0.3, 0.4) is 0 Å². The quantitative estimate of drug-likeness (QED) is 0.782. The zero-order valence-electron chi connectivity index (χ0n) is 11.4. The van der Waals surface area contributed by atoms with Gasteiger partial charge in [-0.3, -0.25) is 4.79 Å². The van der Waals surface area contributed by atoms with E-state index in [1.54, 1.807) is 7.11 Å². The van der Waals surface area contributed by atoms with Gasteiger partial charge in [-0.05, 0) is 31.2 Å². The number of carbonyl (C=O) groups is 1. The van der Waals surface area contributed by atoms with E-state index < -0.39 is 0 Å². The van der Waals surface area contributed by atoms with E-state index in [2.05, 4.69) is 0 Å². The minimum Gasteiger partial charge on any atom is -0.497 e. The minimum atomic E-state index is 0.685. The molecular formula is C16H17NO2. The maximum Gasteiger partial charge on any atom is 0.152 e. The fourth-order valence-corrected chi connectivity index (χ4v) is 2.03. The highest BCUT2D eigenvalue weighted by molar-refractivity contribution is 5.87. The fourth-order valence-electron chi connectivity index (χ4n) is 2.03. The average Bonchev–Trinajstić information content (AvgIpc) is 2.46. The summed E-state index contributed by atoms with van der Waals surface area (Å²) in [4.78, 5) is 13.2. The van der Waals surface area contributed by atoms with Gasteiger partial charge in [0, 0.05) is 24.4 Å². The first-order chi connectivity index (χ1) is 9.15. The Morgan fingerprint density at radius 2 is 1.95 bits per heavy atom. The van der Waals surface area contributed by atoms with Crippen molar-refractivity contribution >= 4 is 17.7 Å². The van der Waals surface area contributed by atoms with Gasteiger partial charge < -0.3 is 9.64 Å². The van der Waals surface area contributed by atoms with E-state index in [9.17, 15) is 4.79 Å². The first-order valence-corrected chi connectivity index (χ1v) is 6.09. The maximum atomic E-state index is 11.2. The van der Waals surface area contributed by atoms with E-state index >= 15 is 0 Å². The lowest BCUT2D eigenvalue weighted by Crippen LogP contribution is -2.11. The number of aldehydes is 1. The Hall–Kier alpha value is -2.29. The van der Waals surface area contributed by atoms with Gasteiger partial charge in [0.15, 0.2) is 6.29 Å². The maximum absolute atomic E-state index is 11.2. The van der Waals surface area contributed by atoms with Crippen LogP contribution in [0.5, 0.6) is 5.75 Å². The number of benzene rings is 2. The molecule has 0 spiro atoms. The number of anilines is 2. The zero-order valence-corrected chi connectivity index (χ0v) is 11.4. The Morgan fingerprint density at radius 1 is 1.16 bits per heavy atom. The highest BCUT2D eigenvalue weighted by Gasteiger charge is 2.09. The number of methoxy groups -OCH3 is 1. The van der Waals surface area contributed by atoms with Crippen LogP contribution in [0, 0.1) is 6.92 Å². The van der Waals surface area contributed by atoms with Gasteiger partial charge >= 0.3 is 0 Å². The number of rotatable bonds is 4. The van der Waals surface area contributed by atoms with Gasteiger partial charge in [-0.1, -0.05) is 17.7 Å². The molecule has 0 bridgehead atoms. The van der Waals surface area contributed by atoms with E-state index in [-0.39, 0.29) is 0 Å². The van der Waals surface area contributed by atoms with E-state index in [0.29, 0.717) is 5.56 Å². The van der Waals surface area contributed by atoms with Crippen molar-refractivity contribution < 1.29 is 9.53 Å². The summed E-state index contributed by atoms with van der Waals surface area (Å²) in [6, 6.07) is 13.6. The second-order valence-electron chi connectivity index (χ2n) is 4.44. The van der Waals surface area contributed by atoms with Crippen LogP contribution >= 0.6 is 0 Å². The molecule has 0 saturated carbocycles. The van der Waals surface area contributed by atoms with Crippen LogP contribution in [0.25, 0.3) is 0 Å². The van der Waals surface area contributed by atoms with Gasteiger partial charge in [-0.25, -0.2) is 0 Å². The number of nitrogens with zero attached hydrogens (tertiary/aromatic N) is 1. The molecule has 3 nitrogen and oxygen atoms in total. The average molecular weight is 255 g/mol. The van der Waals surface area contributed by atoms with Crippen LogP contribution in [0.15, 0.2) is 42.5 Å². The molecule has 98 valence electrons. The molecule has 2 aromatic carbocycles. The first-order valence-electron chi connectivity index (χ1n) is 6.09. The zero-order chi connectivity index (χ0) is 13.8. The summed E-state index contributed by atoms with van der Waals surface area (Å²) >= 11 is 0. The van der Waals surface area contributed by atoms with Crippen LogP contribution in [-0.4, -0.2) is 20.4 Å². The number of hydrogen-bond acceptors (Lipinski definition) is 3. The molecule has 0 radical (unpaired) electrons. The lowest BCUT2D eigenvalue weighted by Gasteiger charge is -2.22. The summed E-state index contributed by atoms with van der Waals surface area (Å²) in [5.74, 6) is 0.795. The van der Waals surface area contributed by atoms with Crippen molar-refractivity contribution in [3.05, 3.63) is 53.6 Å². The number of carbonyl (C=O) groups excluding carboxylic acids is 1. The van der Waals surface area contributed by atoms with Crippen molar-refractivity contribution in [1.82, 2.24) is 0 Å². The Balaban J connectivity index is 2.43. The van der Waals surface area contributed by atoms with Crippen molar-refractivity contribution in [3.63, 3.8) is 0 Å². The molecule has 0 unspecified atom stereocenters. The molecule has 2 rings (SSSR count). The molecular weight excluding hydrogens is 238 g/mol. The highest BCUT2D eigenvalue weighted by Crippen LogP contribution is 2.29. The Kier molecular flexibility index (Phi) is 3.85. The monoisotopic (exact) mass is 255 g/mol. The molecule has 0 aliphatic heterocycles. The number of ether oxygens (including phenoxy) is 1. The third-order valence-electron chi connectivity index (χ3n) is 3.11. The van der Waals surface area contributed by atoms with Gasteiger partial charge in [-0.2, -0.15) is 0 Å². The Labute approximate surface area is 113 Å². The smallest absolute Gasteiger partial charge is 0.152 e. The van der Waals surface area contributed by atoms with Crippen LogP contribution in [-0.2, 0) is 0 Å². The molecule has 0 aliphatic rings. The second-order valence-corrected chi connectivity index (χ2v) is 4.44. The number of hydrogen-bond donors (Lipinski definition) is 0. The third-order valence-corrected chi connectivity index (χ3v) is 3.11. The molecule has 2 aromatic rings. The van der Waals surface area contributed by atoms with E-state index in [1.807, 2.05) is 61.3 Å². The lowest BCUT2D eigenvalue weighted by atomic mass is 10.1. The highest BCUT2D eigenvalue weighted by atomic mass is 16.5. The Bertz CT molecular complexity index is 593. The van der Waals surface area contributed by atoms with Crippen LogP contribution in [0.4, 0.5) is 11.4 Å². The molecule has 0 saturated heterocycles. The predicted octanol–water partition coefficient (Wildman–Crippen LogP) is 3.58. The van der Waals surface area contributed by atoms with Gasteiger partial charge in [0.05, 0.1) is 12.8 Å².